The summed E-state index contributed by atoms with van der Waals surface area (Å²) >= 11 is 0. The van der Waals surface area contributed by atoms with Gasteiger partial charge in [-0.05, 0) is 25.7 Å². The van der Waals surface area contributed by atoms with E-state index in [0.717, 1.165) is 77.0 Å². The summed E-state index contributed by atoms with van der Waals surface area (Å²) in [6.07, 6.45) is 11.6. The van der Waals surface area contributed by atoms with Gasteiger partial charge in [0.05, 0.1) is 0 Å². The van der Waals surface area contributed by atoms with Gasteiger partial charge >= 0.3 is 0 Å². The number of ether oxygens (including phenoxy) is 1. The van der Waals surface area contributed by atoms with Crippen molar-refractivity contribution in [1.29, 1.82) is 0 Å². The van der Waals surface area contributed by atoms with Gasteiger partial charge in [-0.1, -0.05) is 25.7 Å². The van der Waals surface area contributed by atoms with Gasteiger partial charge in [-0.2, -0.15) is 19.6 Å². The van der Waals surface area contributed by atoms with E-state index in [1.807, 2.05) is 0 Å². The van der Waals surface area contributed by atoms with Crippen LogP contribution in [0, 0.1) is 0 Å². The van der Waals surface area contributed by atoms with Crippen LogP contribution in [0.25, 0.3) is 0 Å². The van der Waals surface area contributed by atoms with Gasteiger partial charge < -0.3 is 4.74 Å². The molecular formula is C16H28O7. The number of rotatable bonds is 0. The SMILES string of the molecule is C1CCCC2(CC1)OOCOCOOC1(CCCCCC1)OO2. The minimum Gasteiger partial charge on any atom is -0.323 e. The molecule has 0 atom stereocenters. The van der Waals surface area contributed by atoms with E-state index < -0.39 is 11.6 Å². The smallest absolute Gasteiger partial charge is 0.234 e. The molecule has 0 amide bonds. The van der Waals surface area contributed by atoms with E-state index in [-0.39, 0.29) is 13.6 Å². The van der Waals surface area contributed by atoms with Crippen LogP contribution in [-0.2, 0) is 34.1 Å². The first-order valence-corrected chi connectivity index (χ1v) is 8.89. The molecule has 2 spiro atoms. The maximum Gasteiger partial charge on any atom is 0.234 e. The van der Waals surface area contributed by atoms with Crippen LogP contribution < -0.4 is 0 Å². The Kier molecular flexibility index (Phi) is 6.64. The third-order valence-corrected chi connectivity index (χ3v) is 4.76. The zero-order valence-corrected chi connectivity index (χ0v) is 13.8. The molecule has 0 aromatic carbocycles. The summed E-state index contributed by atoms with van der Waals surface area (Å²) in [6.45, 7) is -0.0804. The van der Waals surface area contributed by atoms with Crippen LogP contribution >= 0.6 is 0 Å². The van der Waals surface area contributed by atoms with E-state index in [4.69, 9.17) is 34.1 Å². The molecule has 0 radical (unpaired) electrons. The van der Waals surface area contributed by atoms with Crippen molar-refractivity contribution in [3.63, 3.8) is 0 Å². The van der Waals surface area contributed by atoms with Crippen molar-refractivity contribution in [3.05, 3.63) is 0 Å². The van der Waals surface area contributed by atoms with Crippen LogP contribution in [0.15, 0.2) is 0 Å². The third kappa shape index (κ3) is 5.09. The highest BCUT2D eigenvalue weighted by Gasteiger charge is 2.43. The number of hydrogen-bond donors (Lipinski definition) is 0. The predicted molar refractivity (Wildman–Crippen MR) is 78.2 cm³/mol. The molecule has 0 bridgehead atoms. The van der Waals surface area contributed by atoms with Crippen molar-refractivity contribution in [2.24, 2.45) is 0 Å². The van der Waals surface area contributed by atoms with Gasteiger partial charge in [-0.15, -0.1) is 0 Å². The topological polar surface area (TPSA) is 64.6 Å². The molecule has 1 aliphatic heterocycles. The number of hydrogen-bond acceptors (Lipinski definition) is 7. The van der Waals surface area contributed by atoms with Gasteiger partial charge in [0.1, 0.15) is 0 Å². The van der Waals surface area contributed by atoms with Gasteiger partial charge in [0.25, 0.3) is 0 Å². The summed E-state index contributed by atoms with van der Waals surface area (Å²) in [4.78, 5) is 33.1. The summed E-state index contributed by atoms with van der Waals surface area (Å²) in [6, 6.07) is 0. The second-order valence-electron chi connectivity index (χ2n) is 6.66. The Labute approximate surface area is 137 Å². The highest BCUT2D eigenvalue weighted by molar-refractivity contribution is 4.74. The Balaban J connectivity index is 1.71. The van der Waals surface area contributed by atoms with Crippen molar-refractivity contribution < 1.29 is 34.1 Å². The summed E-state index contributed by atoms with van der Waals surface area (Å²) < 4.78 is 5.19. The monoisotopic (exact) mass is 332 g/mol. The Bertz CT molecular complexity index is 301. The summed E-state index contributed by atoms with van der Waals surface area (Å²) in [5.41, 5.74) is 0. The fourth-order valence-electron chi connectivity index (χ4n) is 3.41. The predicted octanol–water partition coefficient (Wildman–Crippen LogP) is 3.88. The minimum absolute atomic E-state index is 0.0402. The molecule has 0 aromatic heterocycles. The largest absolute Gasteiger partial charge is 0.323 e. The minimum atomic E-state index is -0.896. The van der Waals surface area contributed by atoms with Crippen LogP contribution in [0.1, 0.15) is 77.0 Å². The van der Waals surface area contributed by atoms with Gasteiger partial charge in [0.2, 0.25) is 11.6 Å². The zero-order chi connectivity index (χ0) is 15.8. The summed E-state index contributed by atoms with van der Waals surface area (Å²) in [7, 11) is 0. The van der Waals surface area contributed by atoms with E-state index in [9.17, 15) is 0 Å². The molecule has 7 nitrogen and oxygen atoms in total. The normalized spacial score (nSPS) is 30.3. The van der Waals surface area contributed by atoms with Crippen molar-refractivity contribution >= 4 is 0 Å². The van der Waals surface area contributed by atoms with Crippen LogP contribution in [0.4, 0.5) is 0 Å². The Morgan fingerprint density at radius 3 is 1.22 bits per heavy atom. The Morgan fingerprint density at radius 2 is 0.826 bits per heavy atom. The average molecular weight is 332 g/mol. The van der Waals surface area contributed by atoms with Crippen molar-refractivity contribution in [1.82, 2.24) is 0 Å². The second kappa shape index (κ2) is 8.71. The van der Waals surface area contributed by atoms with Crippen LogP contribution in [0.2, 0.25) is 0 Å². The molecule has 134 valence electrons. The second-order valence-corrected chi connectivity index (χ2v) is 6.66. The highest BCUT2D eigenvalue weighted by Crippen LogP contribution is 2.38. The van der Waals surface area contributed by atoms with E-state index in [1.165, 1.54) is 0 Å². The standard InChI is InChI=1S/C16H28O7/c1-2-6-10-15(9-5-1)20-18-13-17-14-19-21-16(23-22-15)11-7-3-4-8-12-16/h1-14H2. The molecule has 3 rings (SSSR count). The Hall–Kier alpha value is -0.280. The van der Waals surface area contributed by atoms with Crippen LogP contribution in [-0.4, -0.2) is 25.2 Å². The van der Waals surface area contributed by atoms with E-state index in [1.54, 1.807) is 0 Å². The van der Waals surface area contributed by atoms with E-state index in [0.29, 0.717) is 0 Å². The van der Waals surface area contributed by atoms with Crippen LogP contribution in [0.3, 0.4) is 0 Å². The fourth-order valence-corrected chi connectivity index (χ4v) is 3.41. The molecule has 1 heterocycles. The van der Waals surface area contributed by atoms with Gasteiger partial charge in [-0.3, -0.25) is 0 Å². The van der Waals surface area contributed by atoms with Gasteiger partial charge in [0, 0.05) is 25.7 Å². The van der Waals surface area contributed by atoms with Crippen molar-refractivity contribution in [3.8, 4) is 0 Å². The van der Waals surface area contributed by atoms with Gasteiger partial charge in [-0.25, -0.2) is 9.78 Å². The van der Waals surface area contributed by atoms with Crippen molar-refractivity contribution in [2.75, 3.05) is 13.6 Å². The highest BCUT2D eigenvalue weighted by atomic mass is 17.4. The van der Waals surface area contributed by atoms with E-state index >= 15 is 0 Å². The molecule has 0 N–H and O–H groups in total. The lowest BCUT2D eigenvalue weighted by Gasteiger charge is -2.35. The van der Waals surface area contributed by atoms with Crippen molar-refractivity contribution in [2.45, 2.75) is 88.6 Å². The molecule has 0 unspecified atom stereocenters. The summed E-state index contributed by atoms with van der Waals surface area (Å²) in [5.74, 6) is -1.79. The molecule has 2 aliphatic carbocycles. The third-order valence-electron chi connectivity index (χ3n) is 4.76. The lowest BCUT2D eigenvalue weighted by Crippen LogP contribution is -2.42. The lowest BCUT2D eigenvalue weighted by atomic mass is 10.1. The quantitative estimate of drug-likeness (QED) is 0.624. The first-order valence-electron chi connectivity index (χ1n) is 8.89. The zero-order valence-electron chi connectivity index (χ0n) is 13.8. The maximum atomic E-state index is 5.82. The summed E-state index contributed by atoms with van der Waals surface area (Å²) in [5, 5.41) is 0. The maximum absolute atomic E-state index is 5.82. The molecule has 1 saturated heterocycles. The molecule has 0 aromatic rings. The van der Waals surface area contributed by atoms with Crippen LogP contribution in [0.5, 0.6) is 0 Å². The lowest BCUT2D eigenvalue weighted by molar-refractivity contribution is -0.579. The molecule has 23 heavy (non-hydrogen) atoms. The first kappa shape index (κ1) is 17.5. The van der Waals surface area contributed by atoms with E-state index in [2.05, 4.69) is 0 Å². The molecule has 3 fully saturated rings. The molecule has 3 aliphatic rings. The molecule has 7 heteroatoms. The molecule has 2 saturated carbocycles. The Morgan fingerprint density at radius 1 is 0.435 bits per heavy atom. The van der Waals surface area contributed by atoms with Gasteiger partial charge in [0.15, 0.2) is 13.6 Å². The first-order chi connectivity index (χ1) is 11.3. The fraction of sp³-hybridized carbons (Fsp3) is 1.00. The molecular weight excluding hydrogens is 304 g/mol. The average Bonchev–Trinajstić information content (AvgIpc) is 2.95.